The zero-order valence-corrected chi connectivity index (χ0v) is 15.7. The molecule has 0 saturated carbocycles. The van der Waals surface area contributed by atoms with Crippen LogP contribution >= 0.6 is 22.7 Å². The third-order valence-electron chi connectivity index (χ3n) is 3.43. The maximum Gasteiger partial charge on any atom is 0.267 e. The van der Waals surface area contributed by atoms with Gasteiger partial charge >= 0.3 is 0 Å². The molecule has 0 spiro atoms. The fourth-order valence-corrected chi connectivity index (χ4v) is 3.49. The predicted octanol–water partition coefficient (Wildman–Crippen LogP) is 4.06. The highest BCUT2D eigenvalue weighted by Crippen LogP contribution is 2.32. The summed E-state index contributed by atoms with van der Waals surface area (Å²) in [5, 5.41) is 7.23. The summed E-state index contributed by atoms with van der Waals surface area (Å²) < 4.78 is 5.89. The van der Waals surface area contributed by atoms with Crippen molar-refractivity contribution in [1.29, 1.82) is 0 Å². The van der Waals surface area contributed by atoms with E-state index in [0.29, 0.717) is 16.6 Å². The second kappa shape index (κ2) is 8.24. The van der Waals surface area contributed by atoms with Crippen molar-refractivity contribution in [2.45, 2.75) is 0 Å². The second-order valence-corrected chi connectivity index (χ2v) is 7.42. The number of anilines is 1. The number of thiazole rings is 1. The molecule has 3 aromatic rings. The molecule has 0 aliphatic carbocycles. The SMILES string of the molecule is CN(C)CCOc1ccccc1-c1csc(NC(=O)c2cccs2)n1. The molecule has 2 heterocycles. The van der Waals surface area contributed by atoms with Crippen LogP contribution in [0.2, 0.25) is 0 Å². The average Bonchev–Trinajstić information content (AvgIpc) is 3.26. The van der Waals surface area contributed by atoms with Crippen molar-refractivity contribution in [3.63, 3.8) is 0 Å². The quantitative estimate of drug-likeness (QED) is 0.678. The van der Waals surface area contributed by atoms with Gasteiger partial charge in [-0.3, -0.25) is 10.1 Å². The largest absolute Gasteiger partial charge is 0.492 e. The van der Waals surface area contributed by atoms with Crippen molar-refractivity contribution >= 4 is 33.7 Å². The van der Waals surface area contributed by atoms with E-state index in [0.717, 1.165) is 23.6 Å². The van der Waals surface area contributed by atoms with Crippen LogP contribution in [0.5, 0.6) is 5.75 Å². The summed E-state index contributed by atoms with van der Waals surface area (Å²) in [5.41, 5.74) is 1.72. The fraction of sp³-hybridized carbons (Fsp3) is 0.222. The number of carbonyl (C=O) groups is 1. The fourth-order valence-electron chi connectivity index (χ4n) is 2.16. The van der Waals surface area contributed by atoms with E-state index in [1.807, 2.05) is 55.2 Å². The van der Waals surface area contributed by atoms with Crippen LogP contribution < -0.4 is 10.1 Å². The molecule has 0 atom stereocenters. The molecular weight excluding hydrogens is 354 g/mol. The number of hydrogen-bond acceptors (Lipinski definition) is 6. The number of carbonyl (C=O) groups excluding carboxylic acids is 1. The highest BCUT2D eigenvalue weighted by Gasteiger charge is 2.13. The van der Waals surface area contributed by atoms with Gasteiger partial charge in [0.25, 0.3) is 5.91 Å². The van der Waals surface area contributed by atoms with Crippen molar-refractivity contribution in [2.24, 2.45) is 0 Å². The van der Waals surface area contributed by atoms with Gasteiger partial charge in [0.15, 0.2) is 5.13 Å². The van der Waals surface area contributed by atoms with E-state index in [4.69, 9.17) is 4.74 Å². The smallest absolute Gasteiger partial charge is 0.267 e. The van der Waals surface area contributed by atoms with Crippen molar-refractivity contribution in [2.75, 3.05) is 32.6 Å². The van der Waals surface area contributed by atoms with Gasteiger partial charge in [-0.05, 0) is 37.7 Å². The van der Waals surface area contributed by atoms with Crippen LogP contribution in [0.1, 0.15) is 9.67 Å². The normalized spacial score (nSPS) is 10.8. The van der Waals surface area contributed by atoms with Crippen molar-refractivity contribution < 1.29 is 9.53 Å². The molecule has 1 N–H and O–H groups in total. The molecule has 0 saturated heterocycles. The lowest BCUT2D eigenvalue weighted by atomic mass is 10.1. The van der Waals surface area contributed by atoms with Gasteiger partial charge in [-0.25, -0.2) is 4.98 Å². The standard InChI is InChI=1S/C18H19N3O2S2/c1-21(2)9-10-23-15-7-4-3-6-13(15)14-12-25-18(19-14)20-17(22)16-8-5-11-24-16/h3-8,11-12H,9-10H2,1-2H3,(H,19,20,22). The van der Waals surface area contributed by atoms with Crippen LogP contribution in [-0.2, 0) is 0 Å². The maximum absolute atomic E-state index is 12.1. The van der Waals surface area contributed by atoms with Gasteiger partial charge in [0.2, 0.25) is 0 Å². The Bertz CT molecular complexity index is 828. The van der Waals surface area contributed by atoms with E-state index in [1.54, 1.807) is 6.07 Å². The lowest BCUT2D eigenvalue weighted by molar-refractivity contribution is 0.103. The lowest BCUT2D eigenvalue weighted by Gasteiger charge is -2.13. The summed E-state index contributed by atoms with van der Waals surface area (Å²) in [6, 6.07) is 11.5. The molecule has 1 amide bonds. The van der Waals surface area contributed by atoms with Crippen LogP contribution in [0.3, 0.4) is 0 Å². The van der Waals surface area contributed by atoms with Gasteiger partial charge in [-0.2, -0.15) is 0 Å². The van der Waals surface area contributed by atoms with Gasteiger partial charge in [0, 0.05) is 17.5 Å². The Morgan fingerprint density at radius 3 is 2.80 bits per heavy atom. The first-order chi connectivity index (χ1) is 12.1. The minimum Gasteiger partial charge on any atom is -0.492 e. The molecule has 0 aliphatic heterocycles. The average molecular weight is 374 g/mol. The van der Waals surface area contributed by atoms with Gasteiger partial charge in [-0.1, -0.05) is 18.2 Å². The van der Waals surface area contributed by atoms with Crippen molar-refractivity contribution in [3.8, 4) is 17.0 Å². The molecule has 5 nitrogen and oxygen atoms in total. The zero-order chi connectivity index (χ0) is 17.6. The molecular formula is C18H19N3O2S2. The number of para-hydroxylation sites is 1. The highest BCUT2D eigenvalue weighted by atomic mass is 32.1. The first-order valence-corrected chi connectivity index (χ1v) is 9.57. The number of nitrogens with one attached hydrogen (secondary N) is 1. The van der Waals surface area contributed by atoms with Crippen LogP contribution in [0.4, 0.5) is 5.13 Å². The first-order valence-electron chi connectivity index (χ1n) is 7.81. The number of ether oxygens (including phenoxy) is 1. The van der Waals surface area contributed by atoms with Crippen molar-refractivity contribution in [3.05, 3.63) is 52.0 Å². The van der Waals surface area contributed by atoms with Crippen LogP contribution in [-0.4, -0.2) is 43.0 Å². The number of amides is 1. The van der Waals surface area contributed by atoms with E-state index in [1.165, 1.54) is 22.7 Å². The Balaban J connectivity index is 1.72. The third kappa shape index (κ3) is 4.66. The maximum atomic E-state index is 12.1. The molecule has 0 fully saturated rings. The molecule has 2 aromatic heterocycles. The third-order valence-corrected chi connectivity index (χ3v) is 5.06. The number of hydrogen-bond donors (Lipinski definition) is 1. The van der Waals surface area contributed by atoms with E-state index >= 15 is 0 Å². The topological polar surface area (TPSA) is 54.5 Å². The van der Waals surface area contributed by atoms with E-state index in [-0.39, 0.29) is 5.91 Å². The minimum absolute atomic E-state index is 0.133. The number of rotatable bonds is 7. The van der Waals surface area contributed by atoms with E-state index < -0.39 is 0 Å². The molecule has 3 rings (SSSR count). The summed E-state index contributed by atoms with van der Waals surface area (Å²) in [7, 11) is 4.02. The minimum atomic E-state index is -0.133. The van der Waals surface area contributed by atoms with Gasteiger partial charge in [0.1, 0.15) is 12.4 Å². The highest BCUT2D eigenvalue weighted by molar-refractivity contribution is 7.14. The molecule has 0 unspecified atom stereocenters. The molecule has 130 valence electrons. The Hall–Kier alpha value is -2.22. The number of thiophene rings is 1. The summed E-state index contributed by atoms with van der Waals surface area (Å²) in [5.74, 6) is 0.664. The van der Waals surface area contributed by atoms with Crippen LogP contribution in [0.15, 0.2) is 47.2 Å². The predicted molar refractivity (Wildman–Crippen MR) is 104 cm³/mol. The molecule has 1 aromatic carbocycles. The summed E-state index contributed by atoms with van der Waals surface area (Å²) in [4.78, 5) is 19.4. The summed E-state index contributed by atoms with van der Waals surface area (Å²) >= 11 is 2.81. The zero-order valence-electron chi connectivity index (χ0n) is 14.1. The molecule has 25 heavy (non-hydrogen) atoms. The van der Waals surface area contributed by atoms with Gasteiger partial charge in [0.05, 0.1) is 10.6 Å². The first kappa shape index (κ1) is 17.6. The molecule has 7 heteroatoms. The Morgan fingerprint density at radius 2 is 2.04 bits per heavy atom. The van der Waals surface area contributed by atoms with Crippen LogP contribution in [0, 0.1) is 0 Å². The number of aromatic nitrogens is 1. The Kier molecular flexibility index (Phi) is 5.80. The Morgan fingerprint density at radius 1 is 1.20 bits per heavy atom. The monoisotopic (exact) mass is 373 g/mol. The second-order valence-electron chi connectivity index (χ2n) is 5.62. The Labute approximate surface area is 154 Å². The molecule has 0 bridgehead atoms. The molecule has 0 radical (unpaired) electrons. The van der Waals surface area contributed by atoms with Crippen molar-refractivity contribution in [1.82, 2.24) is 9.88 Å². The summed E-state index contributed by atoms with van der Waals surface area (Å²) in [6.07, 6.45) is 0. The summed E-state index contributed by atoms with van der Waals surface area (Å²) in [6.45, 7) is 1.45. The lowest BCUT2D eigenvalue weighted by Crippen LogP contribution is -2.19. The van der Waals surface area contributed by atoms with E-state index in [2.05, 4.69) is 15.2 Å². The number of nitrogens with zero attached hydrogens (tertiary/aromatic N) is 2. The number of likely N-dealkylation sites (N-methyl/N-ethyl adjacent to an activating group) is 1. The van der Waals surface area contributed by atoms with Crippen LogP contribution in [0.25, 0.3) is 11.3 Å². The van der Waals surface area contributed by atoms with Gasteiger partial charge < -0.3 is 9.64 Å². The number of benzene rings is 1. The molecule has 0 aliphatic rings. The van der Waals surface area contributed by atoms with E-state index in [9.17, 15) is 4.79 Å². The van der Waals surface area contributed by atoms with Gasteiger partial charge in [-0.15, -0.1) is 22.7 Å².